The third-order valence-corrected chi connectivity index (χ3v) is 4.59. The molecular formula is C17H22N4O4. The number of hydrogen-bond acceptors (Lipinski definition) is 5. The molecule has 25 heavy (non-hydrogen) atoms. The first-order valence-corrected chi connectivity index (χ1v) is 8.57. The SMILES string of the molecule is O=C(NCCNc1ccc([N+](=O)[O-])cc1)C1CC(=O)N(CC2CC2)C1. The van der Waals surface area contributed by atoms with Crippen molar-refractivity contribution in [1.82, 2.24) is 10.2 Å². The lowest BCUT2D eigenvalue weighted by Gasteiger charge is -2.16. The lowest BCUT2D eigenvalue weighted by Crippen LogP contribution is -2.35. The van der Waals surface area contributed by atoms with E-state index in [1.54, 1.807) is 12.1 Å². The summed E-state index contributed by atoms with van der Waals surface area (Å²) in [5.74, 6) is 0.371. The molecule has 8 nitrogen and oxygen atoms in total. The van der Waals surface area contributed by atoms with Crippen LogP contribution in [0.2, 0.25) is 0 Å². The van der Waals surface area contributed by atoms with Crippen molar-refractivity contribution in [2.24, 2.45) is 11.8 Å². The van der Waals surface area contributed by atoms with Gasteiger partial charge in [-0.3, -0.25) is 19.7 Å². The molecule has 1 saturated carbocycles. The minimum atomic E-state index is -0.445. The standard InChI is InChI=1S/C17H22N4O4/c22-16-9-13(11-20(16)10-12-1-2-12)17(23)19-8-7-18-14-3-5-15(6-4-14)21(24)25/h3-6,12-13,18H,1-2,7-11H2,(H,19,23). The zero-order chi connectivity index (χ0) is 17.8. The molecule has 2 amide bonds. The number of nitrogens with zero attached hydrogens (tertiary/aromatic N) is 2. The molecule has 0 aromatic heterocycles. The summed E-state index contributed by atoms with van der Waals surface area (Å²) in [6.07, 6.45) is 2.68. The number of nitro groups is 1. The number of carbonyl (C=O) groups is 2. The van der Waals surface area contributed by atoms with Crippen molar-refractivity contribution < 1.29 is 14.5 Å². The Morgan fingerprint density at radius 3 is 2.60 bits per heavy atom. The van der Waals surface area contributed by atoms with Crippen molar-refractivity contribution in [1.29, 1.82) is 0 Å². The van der Waals surface area contributed by atoms with Crippen LogP contribution in [0.25, 0.3) is 0 Å². The maximum Gasteiger partial charge on any atom is 0.269 e. The van der Waals surface area contributed by atoms with E-state index in [-0.39, 0.29) is 23.4 Å². The molecule has 1 saturated heterocycles. The predicted octanol–water partition coefficient (Wildman–Crippen LogP) is 1.38. The topological polar surface area (TPSA) is 105 Å². The first-order valence-electron chi connectivity index (χ1n) is 8.57. The van der Waals surface area contributed by atoms with Crippen molar-refractivity contribution in [2.45, 2.75) is 19.3 Å². The number of anilines is 1. The lowest BCUT2D eigenvalue weighted by atomic mass is 10.1. The van der Waals surface area contributed by atoms with E-state index in [1.807, 2.05) is 4.90 Å². The van der Waals surface area contributed by atoms with Crippen LogP contribution < -0.4 is 10.6 Å². The lowest BCUT2D eigenvalue weighted by molar-refractivity contribution is -0.384. The summed E-state index contributed by atoms with van der Waals surface area (Å²) < 4.78 is 0. The average Bonchev–Trinajstić information content (AvgIpc) is 3.34. The molecule has 0 spiro atoms. The first-order chi connectivity index (χ1) is 12.0. The van der Waals surface area contributed by atoms with Gasteiger partial charge in [-0.2, -0.15) is 0 Å². The molecule has 1 aliphatic carbocycles. The molecule has 1 aromatic rings. The second-order valence-electron chi connectivity index (χ2n) is 6.66. The van der Waals surface area contributed by atoms with E-state index >= 15 is 0 Å². The van der Waals surface area contributed by atoms with E-state index in [4.69, 9.17) is 0 Å². The fraction of sp³-hybridized carbons (Fsp3) is 0.529. The second-order valence-corrected chi connectivity index (χ2v) is 6.66. The van der Waals surface area contributed by atoms with Crippen LogP contribution in [-0.4, -0.2) is 47.8 Å². The quantitative estimate of drug-likeness (QED) is 0.420. The summed E-state index contributed by atoms with van der Waals surface area (Å²) in [7, 11) is 0. The first kappa shape index (κ1) is 17.2. The van der Waals surface area contributed by atoms with Crippen molar-refractivity contribution in [2.75, 3.05) is 31.5 Å². The molecule has 134 valence electrons. The summed E-state index contributed by atoms with van der Waals surface area (Å²) >= 11 is 0. The molecule has 1 unspecified atom stereocenters. The Morgan fingerprint density at radius 2 is 1.96 bits per heavy atom. The Bertz CT molecular complexity index is 657. The monoisotopic (exact) mass is 346 g/mol. The Morgan fingerprint density at radius 1 is 1.24 bits per heavy atom. The molecular weight excluding hydrogens is 324 g/mol. The number of nitrogens with one attached hydrogen (secondary N) is 2. The fourth-order valence-electron chi connectivity index (χ4n) is 2.97. The minimum absolute atomic E-state index is 0.0421. The van der Waals surface area contributed by atoms with Crippen LogP contribution in [0.5, 0.6) is 0 Å². The Kier molecular flexibility index (Phi) is 5.16. The fourth-order valence-corrected chi connectivity index (χ4v) is 2.97. The summed E-state index contributed by atoms with van der Waals surface area (Å²) in [4.78, 5) is 36.1. The predicted molar refractivity (Wildman–Crippen MR) is 92.0 cm³/mol. The zero-order valence-electron chi connectivity index (χ0n) is 13.9. The van der Waals surface area contributed by atoms with Crippen molar-refractivity contribution >= 4 is 23.2 Å². The van der Waals surface area contributed by atoms with Crippen LogP contribution in [-0.2, 0) is 9.59 Å². The van der Waals surface area contributed by atoms with Crippen LogP contribution in [0, 0.1) is 22.0 Å². The smallest absolute Gasteiger partial charge is 0.269 e. The molecule has 0 radical (unpaired) electrons. The average molecular weight is 346 g/mol. The maximum atomic E-state index is 12.2. The Hall–Kier alpha value is -2.64. The number of non-ortho nitro benzene ring substituents is 1. The van der Waals surface area contributed by atoms with Crippen LogP contribution >= 0.6 is 0 Å². The molecule has 0 bridgehead atoms. The molecule has 1 aliphatic heterocycles. The van der Waals surface area contributed by atoms with E-state index in [9.17, 15) is 19.7 Å². The minimum Gasteiger partial charge on any atom is -0.383 e. The third-order valence-electron chi connectivity index (χ3n) is 4.59. The van der Waals surface area contributed by atoms with E-state index < -0.39 is 4.92 Å². The number of nitro benzene ring substituents is 1. The van der Waals surface area contributed by atoms with Crippen LogP contribution in [0.1, 0.15) is 19.3 Å². The number of hydrogen-bond donors (Lipinski definition) is 2. The number of likely N-dealkylation sites (tertiary alicyclic amines) is 1. The van der Waals surface area contributed by atoms with Gasteiger partial charge in [0, 0.05) is 50.4 Å². The normalized spacial score (nSPS) is 19.8. The van der Waals surface area contributed by atoms with Gasteiger partial charge < -0.3 is 15.5 Å². The number of rotatable bonds is 8. The highest BCUT2D eigenvalue weighted by molar-refractivity contribution is 5.89. The molecule has 3 rings (SSSR count). The van der Waals surface area contributed by atoms with E-state index in [2.05, 4.69) is 10.6 Å². The summed E-state index contributed by atoms with van der Waals surface area (Å²) in [6, 6.07) is 6.12. The highest BCUT2D eigenvalue weighted by Crippen LogP contribution is 2.31. The third kappa shape index (κ3) is 4.68. The van der Waals surface area contributed by atoms with E-state index in [0.717, 1.165) is 12.2 Å². The zero-order valence-corrected chi connectivity index (χ0v) is 13.9. The van der Waals surface area contributed by atoms with Gasteiger partial charge in [0.15, 0.2) is 0 Å². The van der Waals surface area contributed by atoms with E-state index in [1.165, 1.54) is 25.0 Å². The number of carbonyl (C=O) groups excluding carboxylic acids is 2. The van der Waals surface area contributed by atoms with Gasteiger partial charge in [-0.15, -0.1) is 0 Å². The molecule has 8 heteroatoms. The van der Waals surface area contributed by atoms with E-state index in [0.29, 0.717) is 32.0 Å². The number of benzene rings is 1. The Balaban J connectivity index is 1.36. The van der Waals surface area contributed by atoms with Gasteiger partial charge in [0.1, 0.15) is 0 Å². The molecule has 2 aliphatic rings. The highest BCUT2D eigenvalue weighted by atomic mass is 16.6. The maximum absolute atomic E-state index is 12.2. The summed E-state index contributed by atoms with van der Waals surface area (Å²) in [5.41, 5.74) is 0.798. The van der Waals surface area contributed by atoms with Gasteiger partial charge in [-0.05, 0) is 30.9 Å². The molecule has 1 aromatic carbocycles. The van der Waals surface area contributed by atoms with Gasteiger partial charge in [0.25, 0.3) is 5.69 Å². The Labute approximate surface area is 145 Å². The van der Waals surface area contributed by atoms with Crippen LogP contribution in [0.15, 0.2) is 24.3 Å². The van der Waals surface area contributed by atoms with Crippen LogP contribution in [0.4, 0.5) is 11.4 Å². The number of amides is 2. The summed E-state index contributed by atoms with van der Waals surface area (Å²) in [5, 5.41) is 16.5. The molecule has 2 fully saturated rings. The second kappa shape index (κ2) is 7.50. The van der Waals surface area contributed by atoms with Gasteiger partial charge in [0.2, 0.25) is 11.8 Å². The van der Waals surface area contributed by atoms with Gasteiger partial charge in [0.05, 0.1) is 10.8 Å². The largest absolute Gasteiger partial charge is 0.383 e. The molecule has 1 atom stereocenters. The molecule has 2 N–H and O–H groups in total. The van der Waals surface area contributed by atoms with Gasteiger partial charge in [-0.1, -0.05) is 0 Å². The van der Waals surface area contributed by atoms with Crippen molar-refractivity contribution in [3.63, 3.8) is 0 Å². The molecule has 1 heterocycles. The van der Waals surface area contributed by atoms with Crippen molar-refractivity contribution in [3.05, 3.63) is 34.4 Å². The van der Waals surface area contributed by atoms with Gasteiger partial charge >= 0.3 is 0 Å². The van der Waals surface area contributed by atoms with Crippen molar-refractivity contribution in [3.8, 4) is 0 Å². The summed E-state index contributed by atoms with van der Waals surface area (Å²) in [6.45, 7) is 2.26. The highest BCUT2D eigenvalue weighted by Gasteiger charge is 2.36. The van der Waals surface area contributed by atoms with Gasteiger partial charge in [-0.25, -0.2) is 0 Å². The van der Waals surface area contributed by atoms with Crippen LogP contribution in [0.3, 0.4) is 0 Å².